The molecule has 2 nitrogen and oxygen atoms in total. The fraction of sp³-hybridized carbons (Fsp3) is 1.00. The Balaban J connectivity index is 2.03. The SMILES string of the molecule is CC(C)CN[C@H]1CC[C@@H]1O. The van der Waals surface area contributed by atoms with Gasteiger partial charge in [-0.1, -0.05) is 13.8 Å². The van der Waals surface area contributed by atoms with Gasteiger partial charge in [-0.15, -0.1) is 0 Å². The predicted molar refractivity (Wildman–Crippen MR) is 41.9 cm³/mol. The summed E-state index contributed by atoms with van der Waals surface area (Å²) in [6.45, 7) is 5.39. The highest BCUT2D eigenvalue weighted by atomic mass is 16.3. The summed E-state index contributed by atoms with van der Waals surface area (Å²) in [6.07, 6.45) is 2.06. The minimum absolute atomic E-state index is 0.0706. The zero-order chi connectivity index (χ0) is 7.56. The molecule has 1 saturated carbocycles. The number of aliphatic hydroxyl groups excluding tert-OH is 1. The molecule has 1 aliphatic rings. The molecule has 0 aromatic heterocycles. The van der Waals surface area contributed by atoms with E-state index in [9.17, 15) is 0 Å². The van der Waals surface area contributed by atoms with E-state index < -0.39 is 0 Å². The maximum Gasteiger partial charge on any atom is 0.0693 e. The molecule has 2 N–H and O–H groups in total. The highest BCUT2D eigenvalue weighted by molar-refractivity contribution is 4.86. The van der Waals surface area contributed by atoms with Crippen LogP contribution in [0.2, 0.25) is 0 Å². The van der Waals surface area contributed by atoms with Crippen LogP contribution in [-0.2, 0) is 0 Å². The maximum atomic E-state index is 9.16. The minimum Gasteiger partial charge on any atom is -0.392 e. The largest absolute Gasteiger partial charge is 0.392 e. The topological polar surface area (TPSA) is 32.3 Å². The number of aliphatic hydroxyl groups is 1. The molecule has 0 spiro atoms. The summed E-state index contributed by atoms with van der Waals surface area (Å²) in [5.74, 6) is 0.688. The summed E-state index contributed by atoms with van der Waals surface area (Å²) < 4.78 is 0. The van der Waals surface area contributed by atoms with Crippen LogP contribution in [0.1, 0.15) is 26.7 Å². The van der Waals surface area contributed by atoms with Gasteiger partial charge in [0.05, 0.1) is 6.10 Å². The van der Waals surface area contributed by atoms with E-state index in [1.807, 2.05) is 0 Å². The van der Waals surface area contributed by atoms with Crippen molar-refractivity contribution < 1.29 is 5.11 Å². The van der Waals surface area contributed by atoms with Crippen LogP contribution in [-0.4, -0.2) is 23.8 Å². The molecule has 0 aromatic carbocycles. The van der Waals surface area contributed by atoms with Crippen LogP contribution in [0.15, 0.2) is 0 Å². The third kappa shape index (κ3) is 1.96. The molecule has 1 rings (SSSR count). The molecular formula is C8H17NO. The van der Waals surface area contributed by atoms with Crippen molar-refractivity contribution in [3.05, 3.63) is 0 Å². The van der Waals surface area contributed by atoms with Crippen molar-refractivity contribution in [2.45, 2.75) is 38.8 Å². The van der Waals surface area contributed by atoms with Gasteiger partial charge in [-0.2, -0.15) is 0 Å². The predicted octanol–water partition coefficient (Wildman–Crippen LogP) is 0.755. The molecular weight excluding hydrogens is 126 g/mol. The van der Waals surface area contributed by atoms with Gasteiger partial charge in [0.1, 0.15) is 0 Å². The quantitative estimate of drug-likeness (QED) is 0.611. The van der Waals surface area contributed by atoms with Crippen molar-refractivity contribution in [3.63, 3.8) is 0 Å². The third-order valence-electron chi connectivity index (χ3n) is 2.03. The molecule has 10 heavy (non-hydrogen) atoms. The Hall–Kier alpha value is -0.0800. The van der Waals surface area contributed by atoms with Gasteiger partial charge in [0.2, 0.25) is 0 Å². The summed E-state index contributed by atoms with van der Waals surface area (Å²) in [6, 6.07) is 0.391. The van der Waals surface area contributed by atoms with Gasteiger partial charge in [0.25, 0.3) is 0 Å². The highest BCUT2D eigenvalue weighted by Gasteiger charge is 2.27. The first-order valence-electron chi connectivity index (χ1n) is 4.11. The molecule has 0 bridgehead atoms. The van der Waals surface area contributed by atoms with E-state index in [0.29, 0.717) is 12.0 Å². The molecule has 1 aliphatic carbocycles. The van der Waals surface area contributed by atoms with E-state index >= 15 is 0 Å². The fourth-order valence-corrected chi connectivity index (χ4v) is 1.11. The molecule has 0 radical (unpaired) electrons. The van der Waals surface area contributed by atoms with Crippen LogP contribution in [0, 0.1) is 5.92 Å². The molecule has 0 amide bonds. The third-order valence-corrected chi connectivity index (χ3v) is 2.03. The normalized spacial score (nSPS) is 32.4. The Morgan fingerprint density at radius 3 is 2.50 bits per heavy atom. The summed E-state index contributed by atoms with van der Waals surface area (Å²) in [7, 11) is 0. The Bertz CT molecular complexity index is 103. The van der Waals surface area contributed by atoms with E-state index in [-0.39, 0.29) is 6.10 Å². The molecule has 2 heteroatoms. The fourth-order valence-electron chi connectivity index (χ4n) is 1.11. The Labute approximate surface area is 62.6 Å². The molecule has 0 heterocycles. The average Bonchev–Trinajstić information content (AvgIpc) is 1.84. The summed E-state index contributed by atoms with van der Waals surface area (Å²) in [5.41, 5.74) is 0. The molecule has 0 unspecified atom stereocenters. The molecule has 0 aliphatic heterocycles. The summed E-state index contributed by atoms with van der Waals surface area (Å²) in [5, 5.41) is 12.5. The van der Waals surface area contributed by atoms with Crippen molar-refractivity contribution in [1.82, 2.24) is 5.32 Å². The number of hydrogen-bond acceptors (Lipinski definition) is 2. The summed E-state index contributed by atoms with van der Waals surface area (Å²) in [4.78, 5) is 0. The van der Waals surface area contributed by atoms with Crippen LogP contribution < -0.4 is 5.32 Å². The molecule has 60 valence electrons. The lowest BCUT2D eigenvalue weighted by molar-refractivity contribution is 0.0488. The van der Waals surface area contributed by atoms with Gasteiger partial charge in [0, 0.05) is 6.04 Å². The summed E-state index contributed by atoms with van der Waals surface area (Å²) >= 11 is 0. The minimum atomic E-state index is -0.0706. The van der Waals surface area contributed by atoms with E-state index in [1.54, 1.807) is 0 Å². The Morgan fingerprint density at radius 1 is 1.50 bits per heavy atom. The van der Waals surface area contributed by atoms with Gasteiger partial charge in [-0.05, 0) is 25.3 Å². The lowest BCUT2D eigenvalue weighted by Crippen LogP contribution is -2.48. The smallest absolute Gasteiger partial charge is 0.0693 e. The van der Waals surface area contributed by atoms with E-state index in [2.05, 4.69) is 19.2 Å². The standard InChI is InChI=1S/C8H17NO/c1-6(2)5-9-7-3-4-8(7)10/h6-10H,3-5H2,1-2H3/t7-,8-/m0/s1. The second kappa shape index (κ2) is 3.35. The molecule has 0 saturated heterocycles. The van der Waals surface area contributed by atoms with Crippen LogP contribution in [0.5, 0.6) is 0 Å². The van der Waals surface area contributed by atoms with Crippen molar-refractivity contribution in [2.75, 3.05) is 6.54 Å². The Morgan fingerprint density at radius 2 is 2.20 bits per heavy atom. The van der Waals surface area contributed by atoms with Crippen LogP contribution in [0.25, 0.3) is 0 Å². The molecule has 2 atom stereocenters. The average molecular weight is 143 g/mol. The molecule has 0 aromatic rings. The van der Waals surface area contributed by atoms with Crippen LogP contribution in [0.4, 0.5) is 0 Å². The Kier molecular flexibility index (Phi) is 2.69. The first-order chi connectivity index (χ1) is 4.70. The lowest BCUT2D eigenvalue weighted by Gasteiger charge is -2.33. The monoisotopic (exact) mass is 143 g/mol. The van der Waals surface area contributed by atoms with Crippen molar-refractivity contribution in [1.29, 1.82) is 0 Å². The first-order valence-corrected chi connectivity index (χ1v) is 4.11. The lowest BCUT2D eigenvalue weighted by atomic mass is 9.89. The molecule has 1 fully saturated rings. The van der Waals surface area contributed by atoms with Gasteiger partial charge in [0.15, 0.2) is 0 Å². The number of rotatable bonds is 3. The van der Waals surface area contributed by atoms with Crippen LogP contribution in [0.3, 0.4) is 0 Å². The van der Waals surface area contributed by atoms with Crippen LogP contribution >= 0.6 is 0 Å². The van der Waals surface area contributed by atoms with Gasteiger partial charge in [-0.25, -0.2) is 0 Å². The van der Waals surface area contributed by atoms with Crippen molar-refractivity contribution in [2.24, 2.45) is 5.92 Å². The first kappa shape index (κ1) is 8.02. The second-order valence-corrected chi connectivity index (χ2v) is 3.55. The van der Waals surface area contributed by atoms with Gasteiger partial charge >= 0.3 is 0 Å². The van der Waals surface area contributed by atoms with Gasteiger partial charge in [-0.3, -0.25) is 0 Å². The van der Waals surface area contributed by atoms with Crippen molar-refractivity contribution >= 4 is 0 Å². The van der Waals surface area contributed by atoms with E-state index in [4.69, 9.17) is 5.11 Å². The van der Waals surface area contributed by atoms with E-state index in [1.165, 1.54) is 0 Å². The maximum absolute atomic E-state index is 9.16. The zero-order valence-electron chi connectivity index (χ0n) is 6.80. The van der Waals surface area contributed by atoms with Crippen molar-refractivity contribution in [3.8, 4) is 0 Å². The zero-order valence-corrected chi connectivity index (χ0v) is 6.80. The number of nitrogens with one attached hydrogen (secondary N) is 1. The van der Waals surface area contributed by atoms with Gasteiger partial charge < -0.3 is 10.4 Å². The highest BCUT2D eigenvalue weighted by Crippen LogP contribution is 2.19. The van der Waals surface area contributed by atoms with E-state index in [0.717, 1.165) is 19.4 Å². The second-order valence-electron chi connectivity index (χ2n) is 3.55. The number of hydrogen-bond donors (Lipinski definition) is 2.